The fourth-order valence-corrected chi connectivity index (χ4v) is 2.68. The smallest absolute Gasteiger partial charge is 0.196 e. The summed E-state index contributed by atoms with van der Waals surface area (Å²) in [6.45, 7) is 10.6. The maximum Gasteiger partial charge on any atom is 0.196 e. The Morgan fingerprint density at radius 3 is 2.63 bits per heavy atom. The van der Waals surface area contributed by atoms with Gasteiger partial charge in [0, 0.05) is 43.2 Å². The van der Waals surface area contributed by atoms with Gasteiger partial charge in [-0.2, -0.15) is 0 Å². The van der Waals surface area contributed by atoms with E-state index in [1.807, 2.05) is 53.1 Å². The fourth-order valence-electron chi connectivity index (χ4n) is 2.68. The van der Waals surface area contributed by atoms with Crippen molar-refractivity contribution in [2.24, 2.45) is 4.99 Å². The lowest BCUT2D eigenvalue weighted by atomic mass is 10.0. The summed E-state index contributed by atoms with van der Waals surface area (Å²) in [6, 6.07) is 4.05. The van der Waals surface area contributed by atoms with Gasteiger partial charge in [-0.25, -0.2) is 4.98 Å². The Morgan fingerprint density at radius 1 is 1.26 bits per heavy atom. The SMILES string of the molecule is CC.CCOC(C)O/C(=C/C=C1\CCCC(c2ccc(NC)nc2)=N1)CC. The first-order chi connectivity index (χ1) is 13.2. The van der Waals surface area contributed by atoms with Gasteiger partial charge in [0.15, 0.2) is 6.29 Å². The van der Waals surface area contributed by atoms with Gasteiger partial charge in [0.25, 0.3) is 0 Å². The van der Waals surface area contributed by atoms with Crippen LogP contribution in [0.4, 0.5) is 5.82 Å². The summed E-state index contributed by atoms with van der Waals surface area (Å²) in [5, 5.41) is 3.04. The van der Waals surface area contributed by atoms with Crippen molar-refractivity contribution in [1.82, 2.24) is 4.98 Å². The first-order valence-corrected chi connectivity index (χ1v) is 10.1. The lowest BCUT2D eigenvalue weighted by molar-refractivity contribution is -0.100. The lowest BCUT2D eigenvalue weighted by Gasteiger charge is -2.16. The third-order valence-corrected chi connectivity index (χ3v) is 4.01. The molecule has 1 aliphatic rings. The van der Waals surface area contributed by atoms with E-state index in [9.17, 15) is 0 Å². The Kier molecular flexibility index (Phi) is 11.1. The highest BCUT2D eigenvalue weighted by molar-refractivity contribution is 6.01. The van der Waals surface area contributed by atoms with Crippen molar-refractivity contribution in [3.05, 3.63) is 47.5 Å². The van der Waals surface area contributed by atoms with Crippen molar-refractivity contribution in [3.63, 3.8) is 0 Å². The zero-order valence-electron chi connectivity index (χ0n) is 17.7. The summed E-state index contributed by atoms with van der Waals surface area (Å²) >= 11 is 0. The van der Waals surface area contributed by atoms with E-state index in [1.165, 1.54) is 0 Å². The van der Waals surface area contributed by atoms with Crippen LogP contribution in [0.3, 0.4) is 0 Å². The summed E-state index contributed by atoms with van der Waals surface area (Å²) in [5.74, 6) is 1.78. The van der Waals surface area contributed by atoms with Crippen LogP contribution in [0.15, 0.2) is 46.9 Å². The number of pyridine rings is 1. The molecule has 5 heteroatoms. The predicted octanol–water partition coefficient (Wildman–Crippen LogP) is 5.70. The summed E-state index contributed by atoms with van der Waals surface area (Å²) in [5.41, 5.74) is 3.27. The minimum absolute atomic E-state index is 0.225. The lowest BCUT2D eigenvalue weighted by Crippen LogP contribution is -2.12. The Morgan fingerprint density at radius 2 is 2.04 bits per heavy atom. The molecule has 2 rings (SSSR count). The number of nitrogens with one attached hydrogen (secondary N) is 1. The summed E-state index contributed by atoms with van der Waals surface area (Å²) in [7, 11) is 1.87. The standard InChI is InChI=1S/C20H29N3O2.C2H6/c1-5-18(25-15(3)24-6-2)12-11-17-8-7-9-19(23-17)16-10-13-20(21-4)22-14-16;1-2/h10-15H,5-9H2,1-4H3,(H,21,22);1-2H3/b17-11+,18-12+;. The number of aliphatic imine (C=N–C) groups is 1. The quantitative estimate of drug-likeness (QED) is 0.469. The highest BCUT2D eigenvalue weighted by Gasteiger charge is 2.11. The molecule has 0 aromatic carbocycles. The maximum atomic E-state index is 5.80. The summed E-state index contributed by atoms with van der Waals surface area (Å²) in [6.07, 6.45) is 9.63. The number of hydrogen-bond donors (Lipinski definition) is 1. The average Bonchev–Trinajstić information content (AvgIpc) is 2.73. The van der Waals surface area contributed by atoms with E-state index in [1.54, 1.807) is 0 Å². The third kappa shape index (κ3) is 7.95. The number of hydrogen-bond acceptors (Lipinski definition) is 5. The second kappa shape index (κ2) is 13.1. The van der Waals surface area contributed by atoms with Gasteiger partial charge in [-0.15, -0.1) is 0 Å². The number of nitrogens with zero attached hydrogens (tertiary/aromatic N) is 2. The summed E-state index contributed by atoms with van der Waals surface area (Å²) < 4.78 is 11.2. The van der Waals surface area contributed by atoms with Gasteiger partial charge in [-0.05, 0) is 57.4 Å². The molecule has 1 aromatic heterocycles. The van der Waals surface area contributed by atoms with E-state index in [0.717, 1.165) is 54.2 Å². The van der Waals surface area contributed by atoms with E-state index >= 15 is 0 Å². The molecule has 0 aliphatic carbocycles. The van der Waals surface area contributed by atoms with E-state index in [2.05, 4.69) is 29.4 Å². The fraction of sp³-hybridized carbons (Fsp3) is 0.545. The van der Waals surface area contributed by atoms with Crippen LogP contribution in [-0.4, -0.2) is 30.6 Å². The maximum absolute atomic E-state index is 5.80. The van der Waals surface area contributed by atoms with Gasteiger partial charge in [-0.1, -0.05) is 20.8 Å². The molecule has 0 radical (unpaired) electrons. The number of anilines is 1. The second-order valence-corrected chi connectivity index (χ2v) is 5.88. The molecular weight excluding hydrogens is 338 g/mol. The van der Waals surface area contributed by atoms with Crippen LogP contribution >= 0.6 is 0 Å². The zero-order chi connectivity index (χ0) is 20.1. The van der Waals surface area contributed by atoms with Crippen molar-refractivity contribution in [1.29, 1.82) is 0 Å². The molecule has 0 saturated heterocycles. The topological polar surface area (TPSA) is 55.7 Å². The van der Waals surface area contributed by atoms with Crippen molar-refractivity contribution in [3.8, 4) is 0 Å². The first kappa shape index (κ1) is 22.9. The number of allylic oxidation sites excluding steroid dienone is 4. The summed E-state index contributed by atoms with van der Waals surface area (Å²) in [4.78, 5) is 9.19. The Bertz CT molecular complexity index is 633. The molecule has 0 bridgehead atoms. The normalized spacial score (nSPS) is 16.9. The molecule has 27 heavy (non-hydrogen) atoms. The molecule has 1 N–H and O–H groups in total. The molecule has 1 aromatic rings. The number of ether oxygens (including phenoxy) is 2. The number of rotatable bonds is 8. The molecule has 1 atom stereocenters. The largest absolute Gasteiger partial charge is 0.470 e. The van der Waals surface area contributed by atoms with Gasteiger partial charge in [0.05, 0.1) is 5.76 Å². The van der Waals surface area contributed by atoms with Crippen molar-refractivity contribution >= 4 is 11.5 Å². The van der Waals surface area contributed by atoms with Gasteiger partial charge in [-0.3, -0.25) is 4.99 Å². The molecule has 0 amide bonds. The van der Waals surface area contributed by atoms with E-state index in [-0.39, 0.29) is 6.29 Å². The molecule has 2 heterocycles. The van der Waals surface area contributed by atoms with Crippen LogP contribution in [0.2, 0.25) is 0 Å². The van der Waals surface area contributed by atoms with E-state index in [0.29, 0.717) is 6.61 Å². The molecule has 0 fully saturated rings. The van der Waals surface area contributed by atoms with Crippen molar-refractivity contribution in [2.45, 2.75) is 66.6 Å². The predicted molar refractivity (Wildman–Crippen MR) is 114 cm³/mol. The molecule has 5 nitrogen and oxygen atoms in total. The minimum Gasteiger partial charge on any atom is -0.470 e. The number of aromatic nitrogens is 1. The van der Waals surface area contributed by atoms with Gasteiger partial charge in [0.1, 0.15) is 5.82 Å². The zero-order valence-corrected chi connectivity index (χ0v) is 17.7. The Balaban J connectivity index is 0.00000176. The van der Waals surface area contributed by atoms with Crippen molar-refractivity contribution in [2.75, 3.05) is 19.0 Å². The molecule has 150 valence electrons. The molecule has 1 unspecified atom stereocenters. The average molecular weight is 374 g/mol. The van der Waals surface area contributed by atoms with Gasteiger partial charge >= 0.3 is 0 Å². The molecule has 0 saturated carbocycles. The highest BCUT2D eigenvalue weighted by atomic mass is 16.7. The molecule has 1 aliphatic heterocycles. The van der Waals surface area contributed by atoms with E-state index in [4.69, 9.17) is 14.5 Å². The monoisotopic (exact) mass is 373 g/mol. The van der Waals surface area contributed by atoms with Crippen LogP contribution in [0.1, 0.15) is 65.9 Å². The second-order valence-electron chi connectivity index (χ2n) is 5.88. The van der Waals surface area contributed by atoms with Crippen LogP contribution in [0.5, 0.6) is 0 Å². The molecule has 0 spiro atoms. The van der Waals surface area contributed by atoms with E-state index < -0.39 is 0 Å². The van der Waals surface area contributed by atoms with Gasteiger partial charge in [0.2, 0.25) is 0 Å². The van der Waals surface area contributed by atoms with Crippen LogP contribution < -0.4 is 5.32 Å². The third-order valence-electron chi connectivity index (χ3n) is 4.01. The van der Waals surface area contributed by atoms with Crippen LogP contribution in [0.25, 0.3) is 0 Å². The van der Waals surface area contributed by atoms with Gasteiger partial charge < -0.3 is 14.8 Å². The minimum atomic E-state index is -0.225. The Hall–Kier alpha value is -2.14. The van der Waals surface area contributed by atoms with Crippen molar-refractivity contribution < 1.29 is 9.47 Å². The van der Waals surface area contributed by atoms with Crippen LogP contribution in [0, 0.1) is 0 Å². The first-order valence-electron chi connectivity index (χ1n) is 10.1. The van der Waals surface area contributed by atoms with Crippen LogP contribution in [-0.2, 0) is 9.47 Å². The Labute approximate surface area is 164 Å². The molecular formula is C22H35N3O2. The highest BCUT2D eigenvalue weighted by Crippen LogP contribution is 2.22.